The number of hydrogen-bond acceptors (Lipinski definition) is 3. The third-order valence-corrected chi connectivity index (χ3v) is 5.12. The van der Waals surface area contributed by atoms with Gasteiger partial charge in [0.15, 0.2) is 0 Å². The van der Waals surface area contributed by atoms with E-state index in [0.29, 0.717) is 24.1 Å². The van der Waals surface area contributed by atoms with Crippen LogP contribution in [0, 0.1) is 5.92 Å². The molecule has 0 bridgehead atoms. The largest absolute Gasteiger partial charge is 0.352 e. The zero-order chi connectivity index (χ0) is 21.3. The van der Waals surface area contributed by atoms with Crippen molar-refractivity contribution in [3.05, 3.63) is 89.7 Å². The van der Waals surface area contributed by atoms with Crippen LogP contribution in [-0.2, 0) is 6.54 Å². The van der Waals surface area contributed by atoms with E-state index in [2.05, 4.69) is 84.9 Å². The van der Waals surface area contributed by atoms with Gasteiger partial charge in [-0.2, -0.15) is 0 Å². The van der Waals surface area contributed by atoms with E-state index >= 15 is 0 Å². The number of nitrogens with one attached hydrogen (secondary N) is 2. The molecule has 30 heavy (non-hydrogen) atoms. The first kappa shape index (κ1) is 21.7. The molecule has 0 fully saturated rings. The summed E-state index contributed by atoms with van der Waals surface area (Å²) < 4.78 is 0. The lowest BCUT2D eigenvalue weighted by Crippen LogP contribution is -2.27. The predicted octanol–water partition coefficient (Wildman–Crippen LogP) is 5.38. The van der Waals surface area contributed by atoms with E-state index < -0.39 is 0 Å². The number of hydrogen-bond donors (Lipinski definition) is 2. The first-order chi connectivity index (χ1) is 14.6. The number of benzene rings is 2. The summed E-state index contributed by atoms with van der Waals surface area (Å²) in [5.41, 5.74) is 5.14. The molecule has 3 rings (SSSR count). The molecule has 4 heteroatoms. The van der Waals surface area contributed by atoms with Crippen molar-refractivity contribution < 1.29 is 4.79 Å². The minimum atomic E-state index is -0.0783. The van der Waals surface area contributed by atoms with Gasteiger partial charge >= 0.3 is 0 Å². The Bertz CT molecular complexity index is 936. The van der Waals surface area contributed by atoms with Crippen LogP contribution in [0.15, 0.2) is 73.1 Å². The molecule has 0 aliphatic heterocycles. The maximum absolute atomic E-state index is 12.3. The highest BCUT2D eigenvalue weighted by molar-refractivity contribution is 5.95. The van der Waals surface area contributed by atoms with Gasteiger partial charge in [0.05, 0.1) is 5.56 Å². The van der Waals surface area contributed by atoms with Gasteiger partial charge in [-0.15, -0.1) is 0 Å². The van der Waals surface area contributed by atoms with E-state index in [-0.39, 0.29) is 5.91 Å². The van der Waals surface area contributed by atoms with Crippen LogP contribution >= 0.6 is 0 Å². The second-order valence-corrected chi connectivity index (χ2v) is 8.02. The van der Waals surface area contributed by atoms with Crippen molar-refractivity contribution in [3.63, 3.8) is 0 Å². The molecule has 0 saturated carbocycles. The Morgan fingerprint density at radius 3 is 2.37 bits per heavy atom. The Morgan fingerprint density at radius 2 is 1.70 bits per heavy atom. The van der Waals surface area contributed by atoms with Gasteiger partial charge in [-0.05, 0) is 35.1 Å². The van der Waals surface area contributed by atoms with Crippen LogP contribution in [0.3, 0.4) is 0 Å². The average Bonchev–Trinajstić information content (AvgIpc) is 2.79. The molecule has 2 aromatic carbocycles. The van der Waals surface area contributed by atoms with Crippen molar-refractivity contribution in [1.82, 2.24) is 15.6 Å². The standard InChI is InChI=1S/C26H31N3O/c1-4-25(22-8-6-5-7-9-22)28-16-20-10-12-21(13-11-20)23-14-24(18-27-17-23)26(30)29-15-19(2)3/h5-14,17-19,25,28H,4,15-16H2,1-3H3,(H,29,30). The van der Waals surface area contributed by atoms with Crippen LogP contribution in [0.5, 0.6) is 0 Å². The monoisotopic (exact) mass is 401 g/mol. The average molecular weight is 402 g/mol. The molecule has 0 spiro atoms. The van der Waals surface area contributed by atoms with Crippen LogP contribution in [0.4, 0.5) is 0 Å². The third-order valence-electron chi connectivity index (χ3n) is 5.12. The Hall–Kier alpha value is -2.98. The van der Waals surface area contributed by atoms with E-state index in [1.54, 1.807) is 12.4 Å². The second-order valence-electron chi connectivity index (χ2n) is 8.02. The lowest BCUT2D eigenvalue weighted by molar-refractivity contribution is 0.0948. The molecule has 0 aliphatic carbocycles. The Labute approximate surface area is 179 Å². The van der Waals surface area contributed by atoms with Gasteiger partial charge in [0.2, 0.25) is 0 Å². The minimum absolute atomic E-state index is 0.0783. The molecule has 0 radical (unpaired) electrons. The molecule has 2 N–H and O–H groups in total. The van der Waals surface area contributed by atoms with Crippen LogP contribution < -0.4 is 10.6 Å². The van der Waals surface area contributed by atoms with Gasteiger partial charge in [-0.3, -0.25) is 9.78 Å². The van der Waals surface area contributed by atoms with Crippen molar-refractivity contribution >= 4 is 5.91 Å². The number of pyridine rings is 1. The van der Waals surface area contributed by atoms with Gasteiger partial charge in [-0.1, -0.05) is 75.4 Å². The van der Waals surface area contributed by atoms with E-state index in [4.69, 9.17) is 0 Å². The molecule has 1 heterocycles. The van der Waals surface area contributed by atoms with Crippen molar-refractivity contribution in [2.45, 2.75) is 39.8 Å². The van der Waals surface area contributed by atoms with Crippen molar-refractivity contribution in [2.24, 2.45) is 5.92 Å². The molecule has 0 aliphatic rings. The first-order valence-electron chi connectivity index (χ1n) is 10.7. The van der Waals surface area contributed by atoms with Crippen molar-refractivity contribution in [1.29, 1.82) is 0 Å². The summed E-state index contributed by atoms with van der Waals surface area (Å²) in [6.45, 7) is 7.82. The lowest BCUT2D eigenvalue weighted by atomic mass is 10.0. The molecule has 1 atom stereocenters. The number of amides is 1. The molecule has 1 unspecified atom stereocenters. The van der Waals surface area contributed by atoms with E-state index in [9.17, 15) is 4.79 Å². The summed E-state index contributed by atoms with van der Waals surface area (Å²) >= 11 is 0. The van der Waals surface area contributed by atoms with Crippen LogP contribution in [-0.4, -0.2) is 17.4 Å². The fourth-order valence-corrected chi connectivity index (χ4v) is 3.36. The quantitative estimate of drug-likeness (QED) is 0.506. The number of carbonyl (C=O) groups excluding carboxylic acids is 1. The molecule has 4 nitrogen and oxygen atoms in total. The van der Waals surface area contributed by atoms with Gasteiger partial charge < -0.3 is 10.6 Å². The smallest absolute Gasteiger partial charge is 0.252 e. The topological polar surface area (TPSA) is 54.0 Å². The van der Waals surface area contributed by atoms with Crippen molar-refractivity contribution in [3.8, 4) is 11.1 Å². The van der Waals surface area contributed by atoms with E-state index in [1.165, 1.54) is 11.1 Å². The first-order valence-corrected chi connectivity index (χ1v) is 10.7. The van der Waals surface area contributed by atoms with Gasteiger partial charge in [0.25, 0.3) is 5.91 Å². The summed E-state index contributed by atoms with van der Waals surface area (Å²) in [6.07, 6.45) is 4.46. The van der Waals surface area contributed by atoms with E-state index in [0.717, 1.165) is 24.1 Å². The number of rotatable bonds is 9. The van der Waals surface area contributed by atoms with Gasteiger partial charge in [0, 0.05) is 37.1 Å². The summed E-state index contributed by atoms with van der Waals surface area (Å²) in [5.74, 6) is 0.339. The van der Waals surface area contributed by atoms with Crippen molar-refractivity contribution in [2.75, 3.05) is 6.54 Å². The molecule has 3 aromatic rings. The normalized spacial score (nSPS) is 12.0. The maximum atomic E-state index is 12.3. The molecule has 156 valence electrons. The Balaban J connectivity index is 1.64. The zero-order valence-electron chi connectivity index (χ0n) is 18.1. The molecular weight excluding hydrogens is 370 g/mol. The predicted molar refractivity (Wildman–Crippen MR) is 123 cm³/mol. The molecule has 1 aromatic heterocycles. The number of aromatic nitrogens is 1. The summed E-state index contributed by atoms with van der Waals surface area (Å²) in [4.78, 5) is 16.6. The maximum Gasteiger partial charge on any atom is 0.252 e. The number of carbonyl (C=O) groups is 1. The SMILES string of the molecule is CCC(NCc1ccc(-c2cncc(C(=O)NCC(C)C)c2)cc1)c1ccccc1. The molecular formula is C26H31N3O. The van der Waals surface area contributed by atoms with E-state index in [1.807, 2.05) is 12.1 Å². The van der Waals surface area contributed by atoms with Crippen LogP contribution in [0.2, 0.25) is 0 Å². The minimum Gasteiger partial charge on any atom is -0.352 e. The third kappa shape index (κ3) is 6.01. The Kier molecular flexibility index (Phi) is 7.75. The highest BCUT2D eigenvalue weighted by atomic mass is 16.1. The van der Waals surface area contributed by atoms with Crippen LogP contribution in [0.25, 0.3) is 11.1 Å². The lowest BCUT2D eigenvalue weighted by Gasteiger charge is -2.17. The number of nitrogens with zero attached hydrogens (tertiary/aromatic N) is 1. The zero-order valence-corrected chi connectivity index (χ0v) is 18.1. The summed E-state index contributed by atoms with van der Waals surface area (Å²) in [6, 6.07) is 21.2. The molecule has 0 saturated heterocycles. The fourth-order valence-electron chi connectivity index (χ4n) is 3.36. The van der Waals surface area contributed by atoms with Gasteiger partial charge in [-0.25, -0.2) is 0 Å². The Morgan fingerprint density at radius 1 is 0.967 bits per heavy atom. The highest BCUT2D eigenvalue weighted by Crippen LogP contribution is 2.21. The second kappa shape index (κ2) is 10.7. The highest BCUT2D eigenvalue weighted by Gasteiger charge is 2.10. The van der Waals surface area contributed by atoms with Gasteiger partial charge in [0.1, 0.15) is 0 Å². The summed E-state index contributed by atoms with van der Waals surface area (Å²) in [5, 5.41) is 6.59. The molecule has 1 amide bonds. The fraction of sp³-hybridized carbons (Fsp3) is 0.308. The summed E-state index contributed by atoms with van der Waals surface area (Å²) in [7, 11) is 0. The van der Waals surface area contributed by atoms with Crippen LogP contribution in [0.1, 0.15) is 54.7 Å².